The lowest BCUT2D eigenvalue weighted by Gasteiger charge is -2.13. The van der Waals surface area contributed by atoms with Crippen LogP contribution in [0.4, 0.5) is 11.5 Å². The Labute approximate surface area is 133 Å². The van der Waals surface area contributed by atoms with Crippen molar-refractivity contribution in [3.05, 3.63) is 44.7 Å². The van der Waals surface area contributed by atoms with E-state index in [9.17, 15) is 0 Å². The first-order valence-corrected chi connectivity index (χ1v) is 7.19. The van der Waals surface area contributed by atoms with Gasteiger partial charge in [0.2, 0.25) is 0 Å². The summed E-state index contributed by atoms with van der Waals surface area (Å²) in [5.74, 6) is 1.13. The van der Waals surface area contributed by atoms with Crippen LogP contribution < -0.4 is 5.32 Å². The molecule has 0 radical (unpaired) electrons. The lowest BCUT2D eigenvalue weighted by molar-refractivity contribution is 0.936. The second-order valence-corrected chi connectivity index (χ2v) is 5.63. The zero-order chi connectivity index (χ0) is 14.3. The molecule has 0 aliphatic carbocycles. The summed E-state index contributed by atoms with van der Waals surface area (Å²) in [5.41, 5.74) is 1.58. The molecule has 20 heavy (non-hydrogen) atoms. The molecule has 2 aromatic heterocycles. The van der Waals surface area contributed by atoms with Crippen molar-refractivity contribution in [2.24, 2.45) is 0 Å². The fraction of sp³-hybridized carbons (Fsp3) is 0.0833. The van der Waals surface area contributed by atoms with E-state index in [0.717, 1.165) is 15.7 Å². The second kappa shape index (κ2) is 5.20. The van der Waals surface area contributed by atoms with Crippen LogP contribution in [0.3, 0.4) is 0 Å². The molecule has 0 unspecified atom stereocenters. The average Bonchev–Trinajstić information content (AvgIpc) is 2.87. The molecule has 2 heterocycles. The third-order valence-corrected chi connectivity index (χ3v) is 4.57. The number of anilines is 2. The minimum Gasteiger partial charge on any atom is -0.339 e. The summed E-state index contributed by atoms with van der Waals surface area (Å²) in [6.07, 6.45) is 1.43. The molecule has 0 bridgehead atoms. The van der Waals surface area contributed by atoms with Crippen molar-refractivity contribution >= 4 is 56.4 Å². The minimum absolute atomic E-state index is 0.381. The van der Waals surface area contributed by atoms with Crippen molar-refractivity contribution in [3.63, 3.8) is 0 Å². The highest BCUT2D eigenvalue weighted by Gasteiger charge is 2.14. The monoisotopic (exact) mass is 371 g/mol. The van der Waals surface area contributed by atoms with Crippen LogP contribution in [-0.2, 0) is 0 Å². The first-order chi connectivity index (χ1) is 9.58. The van der Waals surface area contributed by atoms with Gasteiger partial charge in [-0.25, -0.2) is 0 Å². The van der Waals surface area contributed by atoms with Gasteiger partial charge in [-0.1, -0.05) is 29.3 Å². The van der Waals surface area contributed by atoms with Crippen LogP contribution in [0.25, 0.3) is 5.78 Å². The maximum absolute atomic E-state index is 6.12. The number of fused-ring (bicyclic) bond motifs is 1. The molecule has 0 atom stereocenters. The topological polar surface area (TPSA) is 55.1 Å². The zero-order valence-corrected chi connectivity index (χ0v) is 13.3. The SMILES string of the molecule is Cc1c(Cl)nc2ncnn2c1Nc1cccc(Cl)c1Br. The Balaban J connectivity index is 2.17. The quantitative estimate of drug-likeness (QED) is 0.683. The maximum Gasteiger partial charge on any atom is 0.255 e. The van der Waals surface area contributed by atoms with Gasteiger partial charge in [0.25, 0.3) is 5.78 Å². The number of halogens is 3. The summed E-state index contributed by atoms with van der Waals surface area (Å²) in [7, 11) is 0. The fourth-order valence-corrected chi connectivity index (χ4v) is 2.48. The Morgan fingerprint density at radius 1 is 1.30 bits per heavy atom. The molecule has 0 saturated carbocycles. The maximum atomic E-state index is 6.12. The van der Waals surface area contributed by atoms with Crippen LogP contribution in [-0.4, -0.2) is 19.6 Å². The number of nitrogens with one attached hydrogen (secondary N) is 1. The summed E-state index contributed by atoms with van der Waals surface area (Å²) in [5, 5.41) is 8.39. The molecule has 102 valence electrons. The molecular formula is C12H8BrCl2N5. The van der Waals surface area contributed by atoms with Crippen LogP contribution in [0.5, 0.6) is 0 Å². The largest absolute Gasteiger partial charge is 0.339 e. The van der Waals surface area contributed by atoms with E-state index < -0.39 is 0 Å². The lowest BCUT2D eigenvalue weighted by atomic mass is 10.3. The van der Waals surface area contributed by atoms with Crippen molar-refractivity contribution < 1.29 is 0 Å². The molecule has 3 aromatic rings. The summed E-state index contributed by atoms with van der Waals surface area (Å²) >= 11 is 15.7. The summed E-state index contributed by atoms with van der Waals surface area (Å²) < 4.78 is 2.36. The van der Waals surface area contributed by atoms with E-state index >= 15 is 0 Å². The molecular weight excluding hydrogens is 365 g/mol. The Bertz CT molecular complexity index is 802. The number of nitrogens with zero attached hydrogens (tertiary/aromatic N) is 4. The second-order valence-electron chi connectivity index (χ2n) is 4.07. The van der Waals surface area contributed by atoms with Crippen LogP contribution in [0.15, 0.2) is 29.0 Å². The highest BCUT2D eigenvalue weighted by molar-refractivity contribution is 9.10. The van der Waals surface area contributed by atoms with E-state index in [0.29, 0.717) is 21.8 Å². The van der Waals surface area contributed by atoms with E-state index in [2.05, 4.69) is 36.3 Å². The van der Waals surface area contributed by atoms with Gasteiger partial charge < -0.3 is 5.32 Å². The summed E-state index contributed by atoms with van der Waals surface area (Å²) in [6, 6.07) is 5.55. The molecule has 8 heteroatoms. The number of hydrogen-bond donors (Lipinski definition) is 1. The van der Waals surface area contributed by atoms with Gasteiger partial charge >= 0.3 is 0 Å². The van der Waals surface area contributed by atoms with Gasteiger partial charge in [0, 0.05) is 5.56 Å². The van der Waals surface area contributed by atoms with Crippen LogP contribution in [0.1, 0.15) is 5.56 Å². The van der Waals surface area contributed by atoms with Crippen LogP contribution >= 0.6 is 39.1 Å². The Morgan fingerprint density at radius 2 is 2.10 bits per heavy atom. The number of benzene rings is 1. The van der Waals surface area contributed by atoms with Crippen molar-refractivity contribution in [2.45, 2.75) is 6.92 Å². The molecule has 0 saturated heterocycles. The molecule has 1 N–H and O–H groups in total. The molecule has 0 spiro atoms. The smallest absolute Gasteiger partial charge is 0.255 e. The first kappa shape index (κ1) is 13.6. The first-order valence-electron chi connectivity index (χ1n) is 5.65. The number of rotatable bonds is 2. The number of aromatic nitrogens is 4. The van der Waals surface area contributed by atoms with Gasteiger partial charge in [-0.05, 0) is 35.0 Å². The average molecular weight is 373 g/mol. The molecule has 0 aliphatic heterocycles. The molecule has 1 aromatic carbocycles. The highest BCUT2D eigenvalue weighted by atomic mass is 79.9. The van der Waals surface area contributed by atoms with E-state index in [1.807, 2.05) is 19.1 Å². The van der Waals surface area contributed by atoms with Gasteiger partial charge in [0.15, 0.2) is 0 Å². The normalized spacial score (nSPS) is 11.0. The molecule has 0 fully saturated rings. The Kier molecular flexibility index (Phi) is 3.54. The van der Waals surface area contributed by atoms with E-state index in [4.69, 9.17) is 23.2 Å². The highest BCUT2D eigenvalue weighted by Crippen LogP contribution is 2.33. The van der Waals surface area contributed by atoms with E-state index in [1.165, 1.54) is 6.33 Å². The van der Waals surface area contributed by atoms with Crippen molar-refractivity contribution in [1.82, 2.24) is 19.6 Å². The van der Waals surface area contributed by atoms with Crippen molar-refractivity contribution in [1.29, 1.82) is 0 Å². The third-order valence-electron chi connectivity index (χ3n) is 2.81. The van der Waals surface area contributed by atoms with Crippen molar-refractivity contribution in [3.8, 4) is 0 Å². The van der Waals surface area contributed by atoms with Crippen LogP contribution in [0, 0.1) is 6.92 Å². The van der Waals surface area contributed by atoms with Gasteiger partial charge in [0.05, 0.1) is 15.2 Å². The fourth-order valence-electron chi connectivity index (χ4n) is 1.77. The van der Waals surface area contributed by atoms with Crippen LogP contribution in [0.2, 0.25) is 10.2 Å². The predicted octanol–water partition coefficient (Wildman–Crippen LogP) is 4.25. The third kappa shape index (κ3) is 2.24. The lowest BCUT2D eigenvalue weighted by Crippen LogP contribution is -2.05. The molecule has 3 rings (SSSR count). The Morgan fingerprint density at radius 3 is 2.90 bits per heavy atom. The standard InChI is InChI=1S/C12H8BrCl2N5/c1-6-10(15)19-12-16-5-17-20(12)11(6)18-8-4-2-3-7(14)9(8)13/h2-5,18H,1H3. The molecule has 0 amide bonds. The van der Waals surface area contributed by atoms with E-state index in [-0.39, 0.29) is 0 Å². The van der Waals surface area contributed by atoms with Gasteiger partial charge in [-0.15, -0.1) is 0 Å². The Hall–Kier alpha value is -1.37. The van der Waals surface area contributed by atoms with Gasteiger partial charge in [0.1, 0.15) is 17.3 Å². The molecule has 5 nitrogen and oxygen atoms in total. The summed E-state index contributed by atoms with van der Waals surface area (Å²) in [6.45, 7) is 1.86. The predicted molar refractivity (Wildman–Crippen MR) is 83.0 cm³/mol. The van der Waals surface area contributed by atoms with Gasteiger partial charge in [-0.3, -0.25) is 0 Å². The van der Waals surface area contributed by atoms with Crippen molar-refractivity contribution in [2.75, 3.05) is 5.32 Å². The molecule has 0 aliphatic rings. The summed E-state index contributed by atoms with van der Waals surface area (Å²) in [4.78, 5) is 8.20. The zero-order valence-electron chi connectivity index (χ0n) is 10.2. The number of hydrogen-bond acceptors (Lipinski definition) is 4. The van der Waals surface area contributed by atoms with E-state index in [1.54, 1.807) is 10.6 Å². The minimum atomic E-state index is 0.381. The van der Waals surface area contributed by atoms with Gasteiger partial charge in [-0.2, -0.15) is 19.6 Å².